The average Bonchev–Trinajstić information content (AvgIpc) is 2.80. The highest BCUT2D eigenvalue weighted by molar-refractivity contribution is 7.09. The normalized spacial score (nSPS) is 18.5. The van der Waals surface area contributed by atoms with Crippen molar-refractivity contribution in [3.8, 4) is 0 Å². The Hall–Kier alpha value is -1.65. The van der Waals surface area contributed by atoms with Crippen LogP contribution in [0.4, 0.5) is 5.69 Å². The van der Waals surface area contributed by atoms with E-state index in [0.717, 1.165) is 38.3 Å². The van der Waals surface area contributed by atoms with Gasteiger partial charge in [0.1, 0.15) is 4.67 Å². The van der Waals surface area contributed by atoms with Gasteiger partial charge in [-0.3, -0.25) is 0 Å². The summed E-state index contributed by atoms with van der Waals surface area (Å²) >= 11 is 1.81. The topological polar surface area (TPSA) is 18.8 Å². The monoisotopic (exact) mass is 311 g/mol. The fraction of sp³-hybridized carbons (Fsp3) is 0.389. The SMILES string of the molecule is Cc1cc2c(s1)=Nc1ccccc1CC=2N1CCN(C)CC1. The lowest BCUT2D eigenvalue weighted by Crippen LogP contribution is -2.45. The Kier molecular flexibility index (Phi) is 3.51. The molecule has 0 saturated carbocycles. The summed E-state index contributed by atoms with van der Waals surface area (Å²) in [4.78, 5) is 11.3. The maximum atomic E-state index is 4.94. The highest BCUT2D eigenvalue weighted by Gasteiger charge is 2.20. The standard InChI is InChI=1S/C18H21N3S/c1-13-11-15-17(21-9-7-20(2)8-10-21)12-14-5-3-4-6-16(14)19-18(15)22-13/h3-6,11H,7-10,12H2,1-2H3. The zero-order valence-electron chi connectivity index (χ0n) is 13.2. The van der Waals surface area contributed by atoms with Crippen LogP contribution in [0.25, 0.3) is 5.70 Å². The molecule has 0 amide bonds. The highest BCUT2D eigenvalue weighted by atomic mass is 32.1. The summed E-state index contributed by atoms with van der Waals surface area (Å²) in [7, 11) is 2.21. The molecule has 2 aromatic rings. The molecule has 0 bridgehead atoms. The van der Waals surface area contributed by atoms with Crippen molar-refractivity contribution >= 4 is 22.7 Å². The number of benzene rings is 1. The summed E-state index contributed by atoms with van der Waals surface area (Å²) in [5.41, 5.74) is 3.94. The Balaban J connectivity index is 1.87. The minimum atomic E-state index is 0.993. The van der Waals surface area contributed by atoms with E-state index in [-0.39, 0.29) is 0 Å². The number of likely N-dealkylation sites (N-methyl/N-ethyl adjacent to an activating group) is 1. The summed E-state index contributed by atoms with van der Waals surface area (Å²) in [5, 5.41) is 1.35. The molecule has 1 fully saturated rings. The van der Waals surface area contributed by atoms with Crippen LogP contribution in [0.1, 0.15) is 10.4 Å². The molecule has 4 rings (SSSR count). The van der Waals surface area contributed by atoms with Gasteiger partial charge in [0.05, 0.1) is 5.69 Å². The van der Waals surface area contributed by atoms with Gasteiger partial charge >= 0.3 is 0 Å². The average molecular weight is 311 g/mol. The highest BCUT2D eigenvalue weighted by Crippen LogP contribution is 2.25. The van der Waals surface area contributed by atoms with E-state index in [0.29, 0.717) is 0 Å². The quantitative estimate of drug-likeness (QED) is 0.801. The van der Waals surface area contributed by atoms with Crippen molar-refractivity contribution < 1.29 is 0 Å². The number of rotatable bonds is 1. The molecule has 2 aliphatic rings. The Morgan fingerprint density at radius 2 is 1.86 bits per heavy atom. The molecule has 22 heavy (non-hydrogen) atoms. The van der Waals surface area contributed by atoms with E-state index in [4.69, 9.17) is 4.99 Å². The van der Waals surface area contributed by atoms with Gasteiger partial charge in [-0.15, -0.1) is 11.3 Å². The van der Waals surface area contributed by atoms with E-state index in [1.54, 1.807) is 0 Å². The maximum absolute atomic E-state index is 4.94. The van der Waals surface area contributed by atoms with E-state index >= 15 is 0 Å². The third-order valence-corrected chi connectivity index (χ3v) is 5.55. The summed E-state index contributed by atoms with van der Waals surface area (Å²) in [6, 6.07) is 10.9. The lowest BCUT2D eigenvalue weighted by atomic mass is 10.1. The van der Waals surface area contributed by atoms with E-state index in [9.17, 15) is 0 Å². The number of thiophene rings is 1. The minimum absolute atomic E-state index is 0.993. The molecular formula is C18H21N3S. The second kappa shape index (κ2) is 5.52. The fourth-order valence-corrected chi connectivity index (χ4v) is 4.22. The van der Waals surface area contributed by atoms with Gasteiger partial charge in [0.2, 0.25) is 0 Å². The van der Waals surface area contributed by atoms with Crippen LogP contribution in [-0.4, -0.2) is 43.0 Å². The van der Waals surface area contributed by atoms with Crippen LogP contribution in [0.3, 0.4) is 0 Å². The molecule has 3 nitrogen and oxygen atoms in total. The van der Waals surface area contributed by atoms with E-state index in [2.05, 4.69) is 54.1 Å². The smallest absolute Gasteiger partial charge is 0.125 e. The van der Waals surface area contributed by atoms with Gasteiger partial charge in [0, 0.05) is 48.4 Å². The number of fused-ring (bicyclic) bond motifs is 2. The van der Waals surface area contributed by atoms with E-state index < -0.39 is 0 Å². The lowest BCUT2D eigenvalue weighted by Gasteiger charge is -2.35. The molecule has 0 unspecified atom stereocenters. The third kappa shape index (κ3) is 2.46. The fourth-order valence-electron chi connectivity index (χ4n) is 3.30. The zero-order chi connectivity index (χ0) is 15.1. The van der Waals surface area contributed by atoms with E-state index in [1.165, 1.54) is 26.0 Å². The molecule has 4 heteroatoms. The summed E-state index contributed by atoms with van der Waals surface area (Å²) in [5.74, 6) is 0. The summed E-state index contributed by atoms with van der Waals surface area (Å²) < 4.78 is 1.18. The van der Waals surface area contributed by atoms with Crippen molar-refractivity contribution in [1.29, 1.82) is 0 Å². The zero-order valence-corrected chi connectivity index (χ0v) is 14.0. The molecule has 0 aliphatic carbocycles. The van der Waals surface area contributed by atoms with E-state index in [1.807, 2.05) is 11.3 Å². The van der Waals surface area contributed by atoms with Crippen LogP contribution in [0.5, 0.6) is 0 Å². The van der Waals surface area contributed by atoms with Crippen LogP contribution >= 0.6 is 11.3 Å². The number of aryl methyl sites for hydroxylation is 1. The predicted octanol–water partition coefficient (Wildman–Crippen LogP) is 1.92. The second-order valence-electron chi connectivity index (χ2n) is 6.23. The molecular weight excluding hydrogens is 290 g/mol. The van der Waals surface area contributed by atoms with Crippen molar-refractivity contribution in [2.24, 2.45) is 4.99 Å². The van der Waals surface area contributed by atoms with Crippen molar-refractivity contribution in [3.05, 3.63) is 50.7 Å². The van der Waals surface area contributed by atoms with Crippen LogP contribution in [-0.2, 0) is 6.42 Å². The van der Waals surface area contributed by atoms with Gasteiger partial charge in [-0.05, 0) is 31.7 Å². The lowest BCUT2D eigenvalue weighted by molar-refractivity contribution is 0.203. The first-order valence-corrected chi connectivity index (χ1v) is 8.72. The van der Waals surface area contributed by atoms with Crippen molar-refractivity contribution in [2.45, 2.75) is 13.3 Å². The molecule has 0 atom stereocenters. The van der Waals surface area contributed by atoms with Crippen molar-refractivity contribution in [2.75, 3.05) is 33.2 Å². The van der Waals surface area contributed by atoms with Gasteiger partial charge in [-0.1, -0.05) is 18.2 Å². The van der Waals surface area contributed by atoms with Gasteiger partial charge in [0.15, 0.2) is 0 Å². The maximum Gasteiger partial charge on any atom is 0.125 e. The van der Waals surface area contributed by atoms with Crippen molar-refractivity contribution in [3.63, 3.8) is 0 Å². The van der Waals surface area contributed by atoms with Crippen LogP contribution in [0.2, 0.25) is 0 Å². The third-order valence-electron chi connectivity index (χ3n) is 4.60. The molecule has 1 aromatic heterocycles. The van der Waals surface area contributed by atoms with Crippen LogP contribution in [0.15, 0.2) is 35.3 Å². The molecule has 0 radical (unpaired) electrons. The molecule has 1 aromatic carbocycles. The van der Waals surface area contributed by atoms with Gasteiger partial charge < -0.3 is 9.80 Å². The molecule has 114 valence electrons. The first-order chi connectivity index (χ1) is 10.7. The minimum Gasteiger partial charge on any atom is -0.371 e. The molecule has 0 N–H and O–H groups in total. The Bertz CT molecular complexity index is 813. The van der Waals surface area contributed by atoms with Gasteiger partial charge in [-0.25, -0.2) is 4.99 Å². The number of para-hydroxylation sites is 1. The number of piperazine rings is 1. The largest absolute Gasteiger partial charge is 0.371 e. The van der Waals surface area contributed by atoms with Gasteiger partial charge in [0.25, 0.3) is 0 Å². The predicted molar refractivity (Wildman–Crippen MR) is 92.1 cm³/mol. The molecule has 0 spiro atoms. The molecule has 3 heterocycles. The number of hydrogen-bond donors (Lipinski definition) is 0. The Morgan fingerprint density at radius 1 is 1.09 bits per heavy atom. The second-order valence-corrected chi connectivity index (χ2v) is 7.46. The van der Waals surface area contributed by atoms with Gasteiger partial charge in [-0.2, -0.15) is 0 Å². The van der Waals surface area contributed by atoms with Crippen LogP contribution < -0.4 is 9.89 Å². The Labute approximate surface area is 135 Å². The Morgan fingerprint density at radius 3 is 2.68 bits per heavy atom. The first-order valence-electron chi connectivity index (χ1n) is 7.90. The van der Waals surface area contributed by atoms with Crippen molar-refractivity contribution in [1.82, 2.24) is 9.80 Å². The molecule has 1 saturated heterocycles. The number of nitrogens with zero attached hydrogens (tertiary/aromatic N) is 3. The molecule has 2 aliphatic heterocycles. The summed E-state index contributed by atoms with van der Waals surface area (Å²) in [6.45, 7) is 6.69. The van der Waals surface area contributed by atoms with Crippen LogP contribution in [0, 0.1) is 6.92 Å². The summed E-state index contributed by atoms with van der Waals surface area (Å²) in [6.07, 6.45) is 0.993. The first kappa shape index (κ1) is 14.0. The number of hydrogen-bond acceptors (Lipinski definition) is 4.